The van der Waals surface area contributed by atoms with Crippen LogP contribution in [-0.2, 0) is 6.54 Å². The number of fused-ring (bicyclic) bond motifs is 6. The lowest BCUT2D eigenvalue weighted by atomic mass is 10.1. The summed E-state index contributed by atoms with van der Waals surface area (Å²) < 4.78 is 4.34. The molecule has 0 unspecified atom stereocenters. The highest BCUT2D eigenvalue weighted by molar-refractivity contribution is 6.11. The monoisotopic (exact) mass is 569 g/mol. The molecule has 2 N–H and O–H groups in total. The minimum atomic E-state index is 0.458. The van der Waals surface area contributed by atoms with Crippen LogP contribution in [0.5, 0.6) is 0 Å². The number of aliphatic imine (C=N–C) groups is 1. The first-order valence-corrected chi connectivity index (χ1v) is 14.5. The maximum Gasteiger partial charge on any atom is 0.165 e. The molecule has 4 aromatic heterocycles. The van der Waals surface area contributed by atoms with Crippen LogP contribution < -0.4 is 5.73 Å². The molecule has 0 saturated carbocycles. The van der Waals surface area contributed by atoms with E-state index in [0.29, 0.717) is 12.4 Å². The zero-order valence-corrected chi connectivity index (χ0v) is 23.7. The van der Waals surface area contributed by atoms with Crippen molar-refractivity contribution in [2.45, 2.75) is 6.54 Å². The van der Waals surface area contributed by atoms with Crippen molar-refractivity contribution in [1.82, 2.24) is 24.1 Å². The molecule has 4 aromatic carbocycles. The summed E-state index contributed by atoms with van der Waals surface area (Å²) in [5.41, 5.74) is 16.2. The van der Waals surface area contributed by atoms with Gasteiger partial charge in [-0.2, -0.15) is 0 Å². The van der Waals surface area contributed by atoms with Crippen molar-refractivity contribution in [2.75, 3.05) is 0 Å². The van der Waals surface area contributed by atoms with Crippen LogP contribution in [-0.4, -0.2) is 29.9 Å². The number of pyridine rings is 1. The van der Waals surface area contributed by atoms with E-state index in [-0.39, 0.29) is 0 Å². The largest absolute Gasteiger partial charge is 0.383 e. The number of hydrogen-bond donors (Lipinski definition) is 1. The third kappa shape index (κ3) is 4.30. The van der Waals surface area contributed by atoms with Gasteiger partial charge in [0.25, 0.3) is 0 Å². The Labute approximate surface area is 253 Å². The van der Waals surface area contributed by atoms with Gasteiger partial charge in [0.05, 0.1) is 16.7 Å². The van der Waals surface area contributed by atoms with Gasteiger partial charge in [-0.25, -0.2) is 15.0 Å². The summed E-state index contributed by atoms with van der Waals surface area (Å²) in [5.74, 6) is 0.458. The van der Waals surface area contributed by atoms with E-state index in [9.17, 15) is 0 Å². The Hall–Kier alpha value is -6.08. The standard InChI is InChI=1S/C37H27N7/c38-35(26-15-6-2-7-16-26)40-29(25-13-4-1-5-14-25)22-24-43-31-21-12-23-39-33(31)34-36(43)41-32-28-19-10-11-20-30(28)44(37(32)42-34)27-17-8-3-9-18-27/h1-23H,24H2,(H2,38,40)/b29-22-. The summed E-state index contributed by atoms with van der Waals surface area (Å²) in [6.07, 6.45) is 3.90. The number of para-hydroxylation sites is 2. The topological polar surface area (TPSA) is 86.9 Å². The van der Waals surface area contributed by atoms with E-state index in [4.69, 9.17) is 25.7 Å². The van der Waals surface area contributed by atoms with Crippen LogP contribution in [0.4, 0.5) is 0 Å². The molecular weight excluding hydrogens is 542 g/mol. The lowest BCUT2D eigenvalue weighted by Gasteiger charge is -2.08. The first-order chi connectivity index (χ1) is 21.8. The summed E-state index contributed by atoms with van der Waals surface area (Å²) in [6, 6.07) is 42.5. The lowest BCUT2D eigenvalue weighted by molar-refractivity contribution is 0.884. The first-order valence-electron chi connectivity index (χ1n) is 14.5. The SMILES string of the molecule is NC(=N/C(=C\Cn1c2cccnc2c2nc3c(nc21)c1ccccc1n3-c1ccccc1)c1ccccc1)c1ccccc1. The Bertz CT molecular complexity index is 2350. The highest BCUT2D eigenvalue weighted by atomic mass is 15.1. The predicted molar refractivity (Wildman–Crippen MR) is 179 cm³/mol. The van der Waals surface area contributed by atoms with E-state index < -0.39 is 0 Å². The molecule has 0 atom stereocenters. The molecule has 0 saturated heterocycles. The van der Waals surface area contributed by atoms with Gasteiger partial charge in [-0.15, -0.1) is 0 Å². The normalized spacial score (nSPS) is 12.5. The molecule has 44 heavy (non-hydrogen) atoms. The van der Waals surface area contributed by atoms with E-state index >= 15 is 0 Å². The minimum absolute atomic E-state index is 0.458. The number of amidine groups is 1. The van der Waals surface area contributed by atoms with E-state index in [1.54, 1.807) is 6.20 Å². The highest BCUT2D eigenvalue weighted by Gasteiger charge is 2.20. The quantitative estimate of drug-likeness (QED) is 0.166. The fourth-order valence-corrected chi connectivity index (χ4v) is 5.84. The molecular formula is C37H27N7. The Morgan fingerprint density at radius 2 is 1.27 bits per heavy atom. The number of hydrogen-bond acceptors (Lipinski definition) is 4. The summed E-state index contributed by atoms with van der Waals surface area (Å²) in [7, 11) is 0. The number of benzene rings is 4. The number of allylic oxidation sites excluding steroid dienone is 1. The van der Waals surface area contributed by atoms with Crippen molar-refractivity contribution >= 4 is 55.8 Å². The molecule has 8 aromatic rings. The number of nitrogens with zero attached hydrogens (tertiary/aromatic N) is 6. The van der Waals surface area contributed by atoms with Crippen LogP contribution in [0, 0.1) is 0 Å². The van der Waals surface area contributed by atoms with Crippen molar-refractivity contribution in [1.29, 1.82) is 0 Å². The molecule has 4 heterocycles. The molecule has 0 amide bonds. The maximum absolute atomic E-state index is 6.50. The first kappa shape index (κ1) is 25.6. The van der Waals surface area contributed by atoms with Crippen LogP contribution >= 0.6 is 0 Å². The average molecular weight is 570 g/mol. The second-order valence-electron chi connectivity index (χ2n) is 10.6. The summed E-state index contributed by atoms with van der Waals surface area (Å²) >= 11 is 0. The summed E-state index contributed by atoms with van der Waals surface area (Å²) in [6.45, 7) is 0.499. The van der Waals surface area contributed by atoms with Gasteiger partial charge in [0, 0.05) is 29.4 Å². The van der Waals surface area contributed by atoms with Crippen LogP contribution in [0.1, 0.15) is 11.1 Å². The lowest BCUT2D eigenvalue weighted by Crippen LogP contribution is -2.13. The molecule has 0 radical (unpaired) electrons. The van der Waals surface area contributed by atoms with Crippen molar-refractivity contribution in [3.05, 3.63) is 151 Å². The molecule has 8 rings (SSSR count). The predicted octanol–water partition coefficient (Wildman–Crippen LogP) is 7.52. The van der Waals surface area contributed by atoms with E-state index in [0.717, 1.165) is 66.8 Å². The zero-order valence-electron chi connectivity index (χ0n) is 23.7. The van der Waals surface area contributed by atoms with Crippen LogP contribution in [0.3, 0.4) is 0 Å². The molecule has 7 heteroatoms. The molecule has 0 spiro atoms. The van der Waals surface area contributed by atoms with Crippen LogP contribution in [0.25, 0.3) is 55.6 Å². The van der Waals surface area contributed by atoms with Crippen molar-refractivity contribution < 1.29 is 0 Å². The third-order valence-electron chi connectivity index (χ3n) is 7.89. The fraction of sp³-hybridized carbons (Fsp3) is 0.0270. The maximum atomic E-state index is 6.50. The minimum Gasteiger partial charge on any atom is -0.383 e. The Morgan fingerprint density at radius 3 is 2.05 bits per heavy atom. The zero-order chi connectivity index (χ0) is 29.5. The van der Waals surface area contributed by atoms with Gasteiger partial charge in [-0.05, 0) is 42.0 Å². The molecule has 0 bridgehead atoms. The molecule has 210 valence electrons. The van der Waals surface area contributed by atoms with E-state index in [2.05, 4.69) is 51.6 Å². The molecule has 0 aliphatic carbocycles. The van der Waals surface area contributed by atoms with Crippen molar-refractivity contribution in [3.8, 4) is 5.69 Å². The summed E-state index contributed by atoms with van der Waals surface area (Å²) in [4.78, 5) is 20.2. The molecule has 0 fully saturated rings. The van der Waals surface area contributed by atoms with E-state index in [1.807, 2.05) is 91.0 Å². The Kier molecular flexibility index (Phi) is 6.19. The average Bonchev–Trinajstić information content (AvgIpc) is 3.58. The van der Waals surface area contributed by atoms with E-state index in [1.165, 1.54) is 0 Å². The van der Waals surface area contributed by atoms with Gasteiger partial charge in [0.2, 0.25) is 0 Å². The van der Waals surface area contributed by atoms with Crippen LogP contribution in [0.2, 0.25) is 0 Å². The number of rotatable bonds is 6. The van der Waals surface area contributed by atoms with Gasteiger partial charge >= 0.3 is 0 Å². The Morgan fingerprint density at radius 1 is 0.636 bits per heavy atom. The van der Waals surface area contributed by atoms with Crippen molar-refractivity contribution in [3.63, 3.8) is 0 Å². The molecule has 0 aliphatic rings. The fourth-order valence-electron chi connectivity index (χ4n) is 5.84. The van der Waals surface area contributed by atoms with Gasteiger partial charge in [-0.1, -0.05) is 97.1 Å². The van der Waals surface area contributed by atoms with Gasteiger partial charge < -0.3 is 10.3 Å². The Balaban J connectivity index is 1.35. The summed E-state index contributed by atoms with van der Waals surface area (Å²) in [5, 5.41) is 1.05. The molecule has 0 aliphatic heterocycles. The second kappa shape index (κ2) is 10.6. The smallest absolute Gasteiger partial charge is 0.165 e. The van der Waals surface area contributed by atoms with Gasteiger partial charge in [0.1, 0.15) is 22.4 Å². The molecule has 7 nitrogen and oxygen atoms in total. The van der Waals surface area contributed by atoms with Gasteiger partial charge in [-0.3, -0.25) is 9.55 Å². The second-order valence-corrected chi connectivity index (χ2v) is 10.6. The highest BCUT2D eigenvalue weighted by Crippen LogP contribution is 2.34. The van der Waals surface area contributed by atoms with Crippen molar-refractivity contribution in [2.24, 2.45) is 10.7 Å². The van der Waals surface area contributed by atoms with Crippen LogP contribution in [0.15, 0.2) is 145 Å². The third-order valence-corrected chi connectivity index (χ3v) is 7.89. The number of nitrogens with two attached hydrogens (primary N) is 1. The number of aromatic nitrogens is 5. The van der Waals surface area contributed by atoms with Gasteiger partial charge in [0.15, 0.2) is 11.3 Å².